The number of piperidine rings is 1. The minimum atomic E-state index is -1.42. The van der Waals surface area contributed by atoms with E-state index in [0.717, 1.165) is 37.9 Å². The van der Waals surface area contributed by atoms with Crippen LogP contribution in [-0.4, -0.2) is 51.9 Å². The van der Waals surface area contributed by atoms with Crippen LogP contribution in [0.2, 0.25) is 0 Å². The summed E-state index contributed by atoms with van der Waals surface area (Å²) in [6.07, 6.45) is 2.16. The zero-order valence-electron chi connectivity index (χ0n) is 18.5. The van der Waals surface area contributed by atoms with Crippen molar-refractivity contribution in [1.29, 1.82) is 0 Å². The number of amides is 1. The summed E-state index contributed by atoms with van der Waals surface area (Å²) in [5, 5.41) is 2.86. The second kappa shape index (κ2) is 11.0. The van der Waals surface area contributed by atoms with Gasteiger partial charge in [0.1, 0.15) is 17.3 Å². The monoisotopic (exact) mass is 449 g/mol. The van der Waals surface area contributed by atoms with Crippen molar-refractivity contribution in [3.05, 3.63) is 41.5 Å². The summed E-state index contributed by atoms with van der Waals surface area (Å²) >= 11 is 0. The highest BCUT2D eigenvalue weighted by Gasteiger charge is 2.21. The Balaban J connectivity index is 1.41. The molecule has 0 spiro atoms. The average Bonchev–Trinajstić information content (AvgIpc) is 3.05. The maximum Gasteiger partial charge on any atom is 0.232 e. The van der Waals surface area contributed by atoms with E-state index < -0.39 is 16.6 Å². The lowest BCUT2D eigenvalue weighted by Crippen LogP contribution is -2.40. The number of carbonyl (C=O) groups is 1. The van der Waals surface area contributed by atoms with Crippen LogP contribution in [0.5, 0.6) is 0 Å². The minimum absolute atomic E-state index is 0.0842. The van der Waals surface area contributed by atoms with Crippen molar-refractivity contribution < 1.29 is 17.8 Å². The lowest BCUT2D eigenvalue weighted by Gasteiger charge is -2.34. The van der Waals surface area contributed by atoms with E-state index in [1.54, 1.807) is 25.1 Å². The third-order valence-corrected chi connectivity index (χ3v) is 6.68. The number of rotatable bonds is 9. The molecule has 1 N–H and O–H groups in total. The average molecular weight is 450 g/mol. The van der Waals surface area contributed by atoms with Gasteiger partial charge in [0.05, 0.1) is 17.0 Å². The molecule has 0 saturated carbocycles. The molecule has 1 saturated heterocycles. The first kappa shape index (κ1) is 23.6. The number of likely N-dealkylation sites (tertiary alicyclic amines) is 1. The van der Waals surface area contributed by atoms with E-state index in [9.17, 15) is 13.4 Å². The number of hydrogen-bond donors (Lipinski definition) is 1. The number of nitrogens with one attached hydrogen (secondary N) is 1. The molecular weight excluding hydrogens is 417 g/mol. The van der Waals surface area contributed by atoms with Gasteiger partial charge in [-0.2, -0.15) is 0 Å². The quantitative estimate of drug-likeness (QED) is 0.593. The molecular formula is C23H32FN3O3S. The van der Waals surface area contributed by atoms with E-state index in [0.29, 0.717) is 18.0 Å². The predicted molar refractivity (Wildman–Crippen MR) is 120 cm³/mol. The van der Waals surface area contributed by atoms with E-state index in [4.69, 9.17) is 4.42 Å². The zero-order valence-corrected chi connectivity index (χ0v) is 19.3. The maximum absolute atomic E-state index is 13.9. The highest BCUT2D eigenvalue weighted by molar-refractivity contribution is 7.84. The molecule has 3 rings (SSSR count). The van der Waals surface area contributed by atoms with Gasteiger partial charge in [-0.1, -0.05) is 26.0 Å². The van der Waals surface area contributed by atoms with Crippen LogP contribution in [0.15, 0.2) is 28.7 Å². The number of benzene rings is 1. The molecule has 6 nitrogen and oxygen atoms in total. The van der Waals surface area contributed by atoms with Crippen molar-refractivity contribution >= 4 is 16.7 Å². The highest BCUT2D eigenvalue weighted by atomic mass is 32.2. The summed E-state index contributed by atoms with van der Waals surface area (Å²) in [6.45, 7) is 10.1. The smallest absolute Gasteiger partial charge is 0.232 e. The first-order chi connectivity index (χ1) is 14.8. The predicted octanol–water partition coefficient (Wildman–Crippen LogP) is 3.52. The third-order valence-electron chi connectivity index (χ3n) is 5.50. The van der Waals surface area contributed by atoms with Crippen molar-refractivity contribution in [3.63, 3.8) is 0 Å². The van der Waals surface area contributed by atoms with Gasteiger partial charge >= 0.3 is 0 Å². The molecule has 1 aromatic carbocycles. The Morgan fingerprint density at radius 2 is 2.00 bits per heavy atom. The van der Waals surface area contributed by atoms with Gasteiger partial charge in [-0.25, -0.2) is 9.37 Å². The number of oxazole rings is 1. The fraction of sp³-hybridized carbons (Fsp3) is 0.565. The number of halogens is 1. The van der Waals surface area contributed by atoms with Crippen molar-refractivity contribution in [2.24, 2.45) is 11.8 Å². The molecule has 31 heavy (non-hydrogen) atoms. The van der Waals surface area contributed by atoms with Gasteiger partial charge in [0.2, 0.25) is 11.8 Å². The molecule has 3 atom stereocenters. The summed E-state index contributed by atoms with van der Waals surface area (Å²) in [7, 11) is -1.42. The fourth-order valence-corrected chi connectivity index (χ4v) is 5.29. The van der Waals surface area contributed by atoms with E-state index in [2.05, 4.69) is 29.0 Å². The van der Waals surface area contributed by atoms with Crippen LogP contribution in [-0.2, 0) is 21.3 Å². The normalized spacial score (nSPS) is 20.5. The van der Waals surface area contributed by atoms with Crippen LogP contribution in [0, 0.1) is 24.6 Å². The Hall–Kier alpha value is -2.06. The molecule has 1 aliphatic rings. The summed E-state index contributed by atoms with van der Waals surface area (Å²) in [5.74, 6) is 1.45. The van der Waals surface area contributed by atoms with E-state index in [1.165, 1.54) is 12.5 Å². The largest absolute Gasteiger partial charge is 0.441 e. The van der Waals surface area contributed by atoms with Gasteiger partial charge in [0, 0.05) is 30.4 Å². The van der Waals surface area contributed by atoms with Gasteiger partial charge in [-0.05, 0) is 50.3 Å². The Morgan fingerprint density at radius 3 is 2.71 bits per heavy atom. The van der Waals surface area contributed by atoms with Crippen LogP contribution < -0.4 is 5.32 Å². The van der Waals surface area contributed by atoms with Crippen LogP contribution in [0.4, 0.5) is 4.39 Å². The first-order valence-electron chi connectivity index (χ1n) is 10.9. The van der Waals surface area contributed by atoms with Gasteiger partial charge in [0.15, 0.2) is 0 Å². The van der Waals surface area contributed by atoms with Crippen molar-refractivity contribution in [1.82, 2.24) is 15.2 Å². The zero-order chi connectivity index (χ0) is 22.4. The van der Waals surface area contributed by atoms with E-state index in [-0.39, 0.29) is 28.9 Å². The van der Waals surface area contributed by atoms with Crippen molar-refractivity contribution in [2.45, 2.75) is 39.4 Å². The summed E-state index contributed by atoms with van der Waals surface area (Å²) in [6, 6.07) is 6.22. The molecule has 0 bridgehead atoms. The summed E-state index contributed by atoms with van der Waals surface area (Å²) in [4.78, 5) is 18.9. The fourth-order valence-electron chi connectivity index (χ4n) is 4.22. The van der Waals surface area contributed by atoms with Crippen molar-refractivity contribution in [2.75, 3.05) is 31.9 Å². The Morgan fingerprint density at radius 1 is 1.29 bits per heavy atom. The highest BCUT2D eigenvalue weighted by Crippen LogP contribution is 2.25. The molecule has 2 aromatic rings. The van der Waals surface area contributed by atoms with Gasteiger partial charge < -0.3 is 14.6 Å². The van der Waals surface area contributed by atoms with E-state index >= 15 is 0 Å². The molecule has 1 aliphatic heterocycles. The molecule has 1 fully saturated rings. The lowest BCUT2D eigenvalue weighted by molar-refractivity contribution is -0.118. The number of aromatic nitrogens is 1. The molecule has 2 heterocycles. The van der Waals surface area contributed by atoms with Crippen LogP contribution >= 0.6 is 0 Å². The molecule has 0 unspecified atom stereocenters. The SMILES string of the molecule is Cc1oc(-c2ccccc2F)nc1C[S@](=O)CC(=O)NCCCN1C[C@H](C)C[C@H](C)C1. The summed E-state index contributed by atoms with van der Waals surface area (Å²) < 4.78 is 31.9. The minimum Gasteiger partial charge on any atom is -0.441 e. The van der Waals surface area contributed by atoms with E-state index in [1.807, 2.05) is 0 Å². The third kappa shape index (κ3) is 6.97. The molecule has 0 aliphatic carbocycles. The molecule has 170 valence electrons. The molecule has 1 aromatic heterocycles. The number of hydrogen-bond acceptors (Lipinski definition) is 5. The number of aryl methyl sites for hydroxylation is 1. The second-order valence-electron chi connectivity index (χ2n) is 8.64. The molecule has 0 radical (unpaired) electrons. The maximum atomic E-state index is 13.9. The van der Waals surface area contributed by atoms with Crippen LogP contribution in [0.3, 0.4) is 0 Å². The van der Waals surface area contributed by atoms with Gasteiger partial charge in [-0.15, -0.1) is 0 Å². The number of nitrogens with zero attached hydrogens (tertiary/aromatic N) is 2. The molecule has 8 heteroatoms. The van der Waals surface area contributed by atoms with Crippen LogP contribution in [0.1, 0.15) is 38.1 Å². The van der Waals surface area contributed by atoms with Crippen LogP contribution in [0.25, 0.3) is 11.5 Å². The first-order valence-corrected chi connectivity index (χ1v) is 12.4. The molecule has 1 amide bonds. The Bertz CT molecular complexity index is 907. The number of carbonyl (C=O) groups excluding carboxylic acids is 1. The second-order valence-corrected chi connectivity index (χ2v) is 10.1. The Labute approximate surface area is 186 Å². The lowest BCUT2D eigenvalue weighted by atomic mass is 9.92. The topological polar surface area (TPSA) is 75.4 Å². The Kier molecular flexibility index (Phi) is 8.37. The van der Waals surface area contributed by atoms with Gasteiger partial charge in [0.25, 0.3) is 0 Å². The summed E-state index contributed by atoms with van der Waals surface area (Å²) in [5.41, 5.74) is 0.746. The standard InChI is InChI=1S/C23H32FN3O3S/c1-16-11-17(2)13-27(12-16)10-6-9-25-22(28)15-31(29)14-21-18(3)30-23(26-21)19-7-4-5-8-20(19)24/h4-5,7-8,16-17H,6,9-15H2,1-3H3,(H,25,28)/t16-,17+,31-/m0/s1. The van der Waals surface area contributed by atoms with Crippen molar-refractivity contribution in [3.8, 4) is 11.5 Å². The van der Waals surface area contributed by atoms with Gasteiger partial charge in [-0.3, -0.25) is 9.00 Å².